The van der Waals surface area contributed by atoms with Gasteiger partial charge in [0.15, 0.2) is 0 Å². The second-order valence-corrected chi connectivity index (χ2v) is 12.3. The maximum atomic E-state index is 12.6. The number of nitrogens with two attached hydrogens (primary N) is 1. The van der Waals surface area contributed by atoms with E-state index < -0.39 is 38.6 Å². The first-order valence-electron chi connectivity index (χ1n) is 16.0. The molecule has 0 aromatic heterocycles. The van der Waals surface area contributed by atoms with E-state index in [0.717, 1.165) is 32.1 Å². The lowest BCUT2D eigenvalue weighted by atomic mass is 10.0. The summed E-state index contributed by atoms with van der Waals surface area (Å²) in [5, 5.41) is 23.7. The Morgan fingerprint density at radius 1 is 0.829 bits per heavy atom. The smallest absolute Gasteiger partial charge is 0.393 e. The van der Waals surface area contributed by atoms with Crippen LogP contribution in [0.15, 0.2) is 24.3 Å². The lowest BCUT2D eigenvalue weighted by Gasteiger charge is -2.24. The topological polar surface area (TPSA) is 151 Å². The van der Waals surface area contributed by atoms with E-state index in [0.29, 0.717) is 12.8 Å². The number of aliphatic hydroxyl groups is 2. The molecule has 0 rings (SSSR count). The van der Waals surface area contributed by atoms with Gasteiger partial charge in [-0.25, -0.2) is 4.57 Å². The quantitative estimate of drug-likeness (QED) is 0.0371. The molecule has 0 aliphatic rings. The SMILES string of the molecule is CCCCCC/C=C/CC/C=C/C(O)C(COP(=O)(O)OCCN)NC(=O)CC(O)CCCCCCCCCCC. The molecule has 0 aliphatic carbocycles. The van der Waals surface area contributed by atoms with Crippen LogP contribution in [0.25, 0.3) is 0 Å². The Morgan fingerprint density at radius 2 is 1.39 bits per heavy atom. The zero-order valence-corrected chi connectivity index (χ0v) is 26.8. The number of carbonyl (C=O) groups excluding carboxylic acids is 1. The molecule has 1 amide bonds. The molecule has 0 aliphatic heterocycles. The van der Waals surface area contributed by atoms with Crippen LogP contribution in [-0.2, 0) is 18.4 Å². The molecule has 4 unspecified atom stereocenters. The van der Waals surface area contributed by atoms with Crippen LogP contribution >= 0.6 is 7.82 Å². The monoisotopic (exact) mass is 604 g/mol. The first kappa shape index (κ1) is 39.9. The van der Waals surface area contributed by atoms with Crippen molar-refractivity contribution >= 4 is 13.7 Å². The molecule has 41 heavy (non-hydrogen) atoms. The molecule has 0 heterocycles. The van der Waals surface area contributed by atoms with Crippen LogP contribution < -0.4 is 11.1 Å². The van der Waals surface area contributed by atoms with Gasteiger partial charge in [-0.1, -0.05) is 115 Å². The number of rotatable bonds is 29. The normalized spacial score (nSPS) is 15.8. The average Bonchev–Trinajstić information content (AvgIpc) is 2.94. The Bertz CT molecular complexity index is 721. The van der Waals surface area contributed by atoms with E-state index in [1.54, 1.807) is 6.08 Å². The van der Waals surface area contributed by atoms with Crippen molar-refractivity contribution in [1.29, 1.82) is 0 Å². The molecular formula is C31H61N2O7P. The summed E-state index contributed by atoms with van der Waals surface area (Å²) < 4.78 is 21.8. The van der Waals surface area contributed by atoms with E-state index in [1.165, 1.54) is 64.2 Å². The van der Waals surface area contributed by atoms with Crippen molar-refractivity contribution in [2.45, 2.75) is 148 Å². The number of amides is 1. The van der Waals surface area contributed by atoms with Gasteiger partial charge in [-0.2, -0.15) is 0 Å². The Labute approximate surface area is 250 Å². The van der Waals surface area contributed by atoms with Gasteiger partial charge >= 0.3 is 7.82 Å². The fraction of sp³-hybridized carbons (Fsp3) is 0.839. The number of phosphoric ester groups is 1. The third kappa shape index (κ3) is 26.3. The second-order valence-electron chi connectivity index (χ2n) is 10.9. The van der Waals surface area contributed by atoms with Gasteiger partial charge in [0.25, 0.3) is 0 Å². The molecule has 242 valence electrons. The molecule has 4 atom stereocenters. The minimum absolute atomic E-state index is 0.0451. The third-order valence-corrected chi connectivity index (χ3v) is 7.82. The van der Waals surface area contributed by atoms with Crippen molar-refractivity contribution in [1.82, 2.24) is 5.32 Å². The summed E-state index contributed by atoms with van der Waals surface area (Å²) in [6.45, 7) is 3.85. The van der Waals surface area contributed by atoms with Crippen molar-refractivity contribution in [3.05, 3.63) is 24.3 Å². The van der Waals surface area contributed by atoms with Crippen LogP contribution in [-0.4, -0.2) is 59.0 Å². The minimum Gasteiger partial charge on any atom is -0.393 e. The van der Waals surface area contributed by atoms with Crippen molar-refractivity contribution < 1.29 is 33.5 Å². The van der Waals surface area contributed by atoms with Crippen molar-refractivity contribution in [2.24, 2.45) is 5.73 Å². The van der Waals surface area contributed by atoms with E-state index in [1.807, 2.05) is 6.08 Å². The number of hydrogen-bond acceptors (Lipinski definition) is 7. The third-order valence-electron chi connectivity index (χ3n) is 6.83. The highest BCUT2D eigenvalue weighted by molar-refractivity contribution is 7.47. The molecule has 10 heteroatoms. The standard InChI is InChI=1S/C31H61N2O7P/c1-3-5-7-9-11-13-15-17-19-21-23-30(35)29(27-40-41(37,38)39-25-24-32)33-31(36)26-28(34)22-20-18-16-14-12-10-8-6-4-2/h13,15,21,23,28-30,34-35H,3-12,14,16-20,22,24-27,32H2,1-2H3,(H,33,36)(H,37,38)/b15-13+,23-21+. The molecule has 0 saturated heterocycles. The van der Waals surface area contributed by atoms with Gasteiger partial charge < -0.3 is 26.2 Å². The molecule has 0 fully saturated rings. The second kappa shape index (κ2) is 27.8. The Balaban J connectivity index is 4.63. The number of allylic oxidation sites excluding steroid dienone is 3. The van der Waals surface area contributed by atoms with Gasteiger partial charge in [0.05, 0.1) is 37.9 Å². The lowest BCUT2D eigenvalue weighted by molar-refractivity contribution is -0.124. The molecule has 0 aromatic rings. The van der Waals surface area contributed by atoms with Gasteiger partial charge in [-0.05, 0) is 32.1 Å². The van der Waals surface area contributed by atoms with E-state index in [-0.39, 0.29) is 19.6 Å². The van der Waals surface area contributed by atoms with Gasteiger partial charge in [0.1, 0.15) is 0 Å². The predicted molar refractivity (Wildman–Crippen MR) is 167 cm³/mol. The van der Waals surface area contributed by atoms with Crippen molar-refractivity contribution in [3.8, 4) is 0 Å². The van der Waals surface area contributed by atoms with Crippen LogP contribution in [0.1, 0.15) is 129 Å². The molecule has 9 nitrogen and oxygen atoms in total. The summed E-state index contributed by atoms with van der Waals surface area (Å²) in [6, 6.07) is -0.991. The first-order valence-corrected chi connectivity index (χ1v) is 17.5. The summed E-state index contributed by atoms with van der Waals surface area (Å²) in [5.41, 5.74) is 5.31. The van der Waals surface area contributed by atoms with E-state index in [4.69, 9.17) is 14.8 Å². The highest BCUT2D eigenvalue weighted by atomic mass is 31.2. The maximum absolute atomic E-state index is 12.6. The highest BCUT2D eigenvalue weighted by Crippen LogP contribution is 2.43. The maximum Gasteiger partial charge on any atom is 0.472 e. The van der Waals surface area contributed by atoms with E-state index >= 15 is 0 Å². The van der Waals surface area contributed by atoms with Crippen molar-refractivity contribution in [2.75, 3.05) is 19.8 Å². The zero-order valence-electron chi connectivity index (χ0n) is 25.9. The lowest BCUT2D eigenvalue weighted by Crippen LogP contribution is -2.46. The molecule has 6 N–H and O–H groups in total. The molecule has 0 radical (unpaired) electrons. The van der Waals surface area contributed by atoms with Gasteiger partial charge in [-0.3, -0.25) is 13.8 Å². The first-order chi connectivity index (χ1) is 19.8. The zero-order chi connectivity index (χ0) is 30.6. The number of carbonyl (C=O) groups is 1. The largest absolute Gasteiger partial charge is 0.472 e. The van der Waals surface area contributed by atoms with E-state index in [2.05, 4.69) is 31.3 Å². The number of phosphoric acid groups is 1. The molecule has 0 saturated carbocycles. The number of hydrogen-bond donors (Lipinski definition) is 5. The van der Waals surface area contributed by atoms with Gasteiger partial charge in [0.2, 0.25) is 5.91 Å². The van der Waals surface area contributed by atoms with Crippen molar-refractivity contribution in [3.63, 3.8) is 0 Å². The number of unbranched alkanes of at least 4 members (excludes halogenated alkanes) is 13. The summed E-state index contributed by atoms with van der Waals surface area (Å²) >= 11 is 0. The van der Waals surface area contributed by atoms with Gasteiger partial charge in [0, 0.05) is 6.54 Å². The summed E-state index contributed by atoms with van der Waals surface area (Å²) in [6.07, 6.45) is 24.2. The van der Waals surface area contributed by atoms with Crippen LogP contribution in [0.5, 0.6) is 0 Å². The van der Waals surface area contributed by atoms with Crippen LogP contribution in [0.2, 0.25) is 0 Å². The molecular weight excluding hydrogens is 543 g/mol. The summed E-state index contributed by atoms with van der Waals surface area (Å²) in [5.74, 6) is -0.462. The average molecular weight is 605 g/mol. The van der Waals surface area contributed by atoms with Crippen LogP contribution in [0.4, 0.5) is 0 Å². The summed E-state index contributed by atoms with van der Waals surface area (Å²) in [4.78, 5) is 22.4. The number of nitrogens with one attached hydrogen (secondary N) is 1. The Morgan fingerprint density at radius 3 is 2.02 bits per heavy atom. The fourth-order valence-electron chi connectivity index (χ4n) is 4.36. The molecule has 0 spiro atoms. The van der Waals surface area contributed by atoms with Gasteiger partial charge in [-0.15, -0.1) is 0 Å². The number of aliphatic hydroxyl groups excluding tert-OH is 2. The van der Waals surface area contributed by atoms with Crippen LogP contribution in [0, 0.1) is 0 Å². The van der Waals surface area contributed by atoms with E-state index in [9.17, 15) is 24.5 Å². The predicted octanol–water partition coefficient (Wildman–Crippen LogP) is 6.46. The molecule has 0 bridgehead atoms. The Kier molecular flexibility index (Phi) is 27.0. The fourth-order valence-corrected chi connectivity index (χ4v) is 5.12. The minimum atomic E-state index is -4.39. The van der Waals surface area contributed by atoms with Crippen LogP contribution in [0.3, 0.4) is 0 Å². The summed E-state index contributed by atoms with van der Waals surface area (Å²) in [7, 11) is -4.39. The highest BCUT2D eigenvalue weighted by Gasteiger charge is 2.27. The molecule has 0 aromatic carbocycles. The Hall–Kier alpha value is -1.06.